The van der Waals surface area contributed by atoms with Crippen molar-refractivity contribution in [1.82, 2.24) is 9.97 Å². The zero-order chi connectivity index (χ0) is 9.84. The van der Waals surface area contributed by atoms with Crippen molar-refractivity contribution >= 4 is 21.9 Å². The fourth-order valence-corrected chi connectivity index (χ4v) is 1.14. The Bertz CT molecular complexity index is 328. The van der Waals surface area contributed by atoms with Gasteiger partial charge in [-0.25, -0.2) is 14.8 Å². The van der Waals surface area contributed by atoms with Crippen LogP contribution in [-0.4, -0.2) is 22.5 Å². The molecule has 0 bridgehead atoms. The lowest BCUT2D eigenvalue weighted by Crippen LogP contribution is -2.09. The van der Waals surface area contributed by atoms with E-state index in [0.717, 1.165) is 0 Å². The van der Waals surface area contributed by atoms with Crippen LogP contribution in [0.2, 0.25) is 0 Å². The molecule has 1 aromatic rings. The summed E-state index contributed by atoms with van der Waals surface area (Å²) in [5.41, 5.74) is 0.910. The molecule has 0 aliphatic heterocycles. The Labute approximate surface area is 84.5 Å². The molecule has 0 fully saturated rings. The number of carbonyl (C=O) groups excluding carboxylic acids is 1. The molecule has 1 aromatic heterocycles. The molecule has 0 spiro atoms. The van der Waals surface area contributed by atoms with Crippen LogP contribution in [-0.2, 0) is 4.74 Å². The van der Waals surface area contributed by atoms with Crippen molar-refractivity contribution < 1.29 is 9.53 Å². The molecular formula is C8H9BrN2O2. The lowest BCUT2D eigenvalue weighted by molar-refractivity contribution is 0.0517. The topological polar surface area (TPSA) is 52.1 Å². The molecule has 1 heterocycles. The van der Waals surface area contributed by atoms with E-state index in [-0.39, 0.29) is 5.69 Å². The van der Waals surface area contributed by atoms with Gasteiger partial charge in [0.25, 0.3) is 0 Å². The summed E-state index contributed by atoms with van der Waals surface area (Å²) < 4.78 is 5.21. The van der Waals surface area contributed by atoms with Crippen molar-refractivity contribution in [3.63, 3.8) is 0 Å². The van der Waals surface area contributed by atoms with Gasteiger partial charge in [0.05, 0.1) is 12.3 Å². The van der Waals surface area contributed by atoms with Crippen LogP contribution in [0.5, 0.6) is 0 Å². The first-order chi connectivity index (χ1) is 6.15. The van der Waals surface area contributed by atoms with Crippen LogP contribution in [0.15, 0.2) is 10.8 Å². The average Bonchev–Trinajstić information content (AvgIpc) is 2.09. The third kappa shape index (κ3) is 2.48. The van der Waals surface area contributed by atoms with E-state index < -0.39 is 5.97 Å². The van der Waals surface area contributed by atoms with E-state index in [1.807, 2.05) is 0 Å². The summed E-state index contributed by atoms with van der Waals surface area (Å²) in [7, 11) is 0. The normalized spacial score (nSPS) is 9.77. The number of carbonyl (C=O) groups is 1. The molecule has 13 heavy (non-hydrogen) atoms. The van der Waals surface area contributed by atoms with E-state index in [4.69, 9.17) is 4.74 Å². The first-order valence-electron chi connectivity index (χ1n) is 3.81. The third-order valence-electron chi connectivity index (χ3n) is 1.32. The minimum atomic E-state index is -0.453. The molecule has 5 heteroatoms. The molecule has 0 aromatic carbocycles. The number of hydrogen-bond acceptors (Lipinski definition) is 4. The van der Waals surface area contributed by atoms with Crippen LogP contribution >= 0.6 is 15.9 Å². The summed E-state index contributed by atoms with van der Waals surface area (Å²) in [6.45, 7) is 3.85. The SMILES string of the molecule is CCOC(=O)c1nc(C)cnc1Br. The van der Waals surface area contributed by atoms with Crippen LogP contribution in [0.1, 0.15) is 23.1 Å². The fraction of sp³-hybridized carbons (Fsp3) is 0.375. The van der Waals surface area contributed by atoms with E-state index in [9.17, 15) is 4.79 Å². The molecule has 4 nitrogen and oxygen atoms in total. The van der Waals surface area contributed by atoms with Gasteiger partial charge in [0.15, 0.2) is 5.69 Å². The van der Waals surface area contributed by atoms with E-state index in [0.29, 0.717) is 16.9 Å². The Hall–Kier alpha value is -0.970. The molecule has 0 amide bonds. The summed E-state index contributed by atoms with van der Waals surface area (Å²) in [6, 6.07) is 0. The van der Waals surface area contributed by atoms with E-state index in [2.05, 4.69) is 25.9 Å². The molecule has 0 atom stereocenters. The first kappa shape index (κ1) is 10.1. The highest BCUT2D eigenvalue weighted by Crippen LogP contribution is 2.12. The molecule has 0 N–H and O–H groups in total. The van der Waals surface area contributed by atoms with Crippen molar-refractivity contribution in [2.75, 3.05) is 6.61 Å². The molecule has 0 aliphatic carbocycles. The Balaban J connectivity index is 2.99. The number of ether oxygens (including phenoxy) is 1. The Kier molecular flexibility index (Phi) is 3.36. The fourth-order valence-electron chi connectivity index (χ4n) is 0.792. The Morgan fingerprint density at radius 1 is 1.69 bits per heavy atom. The summed E-state index contributed by atoms with van der Waals surface area (Å²) in [4.78, 5) is 19.2. The number of aryl methyl sites for hydroxylation is 1. The number of hydrogen-bond donors (Lipinski definition) is 0. The predicted octanol–water partition coefficient (Wildman–Crippen LogP) is 1.72. The largest absolute Gasteiger partial charge is 0.461 e. The van der Waals surface area contributed by atoms with E-state index >= 15 is 0 Å². The highest BCUT2D eigenvalue weighted by atomic mass is 79.9. The molecule has 0 radical (unpaired) electrons. The number of rotatable bonds is 2. The van der Waals surface area contributed by atoms with Gasteiger partial charge in [0.1, 0.15) is 4.60 Å². The molecule has 0 aliphatic rings. The molecule has 0 saturated heterocycles. The van der Waals surface area contributed by atoms with Crippen molar-refractivity contribution in [1.29, 1.82) is 0 Å². The van der Waals surface area contributed by atoms with Gasteiger partial charge < -0.3 is 4.74 Å². The van der Waals surface area contributed by atoms with Crippen molar-refractivity contribution in [2.24, 2.45) is 0 Å². The average molecular weight is 245 g/mol. The van der Waals surface area contributed by atoms with Gasteiger partial charge in [-0.05, 0) is 29.8 Å². The van der Waals surface area contributed by atoms with Gasteiger partial charge in [-0.2, -0.15) is 0 Å². The lowest BCUT2D eigenvalue weighted by Gasteiger charge is -2.02. The minimum absolute atomic E-state index is 0.224. The molecule has 1 rings (SSSR count). The molecule has 70 valence electrons. The van der Waals surface area contributed by atoms with Gasteiger partial charge in [-0.3, -0.25) is 0 Å². The number of esters is 1. The maximum absolute atomic E-state index is 11.3. The summed E-state index contributed by atoms with van der Waals surface area (Å²) in [5.74, 6) is -0.453. The second-order valence-electron chi connectivity index (χ2n) is 2.37. The summed E-state index contributed by atoms with van der Waals surface area (Å²) >= 11 is 3.13. The quantitative estimate of drug-likeness (QED) is 0.744. The number of nitrogens with zero attached hydrogens (tertiary/aromatic N) is 2. The van der Waals surface area contributed by atoms with Gasteiger partial charge >= 0.3 is 5.97 Å². The van der Waals surface area contributed by atoms with Crippen LogP contribution in [0.3, 0.4) is 0 Å². The second-order valence-corrected chi connectivity index (χ2v) is 3.12. The smallest absolute Gasteiger partial charge is 0.359 e. The number of halogens is 1. The lowest BCUT2D eigenvalue weighted by atomic mass is 10.4. The van der Waals surface area contributed by atoms with Crippen molar-refractivity contribution in [3.8, 4) is 0 Å². The van der Waals surface area contributed by atoms with Gasteiger partial charge in [0.2, 0.25) is 0 Å². The van der Waals surface area contributed by atoms with Crippen molar-refractivity contribution in [3.05, 3.63) is 22.2 Å². The predicted molar refractivity (Wildman–Crippen MR) is 50.4 cm³/mol. The van der Waals surface area contributed by atoms with Crippen LogP contribution in [0.25, 0.3) is 0 Å². The standard InChI is InChI=1S/C8H9BrN2O2/c1-3-13-8(12)6-7(9)10-4-5(2)11-6/h4H,3H2,1-2H3. The maximum Gasteiger partial charge on any atom is 0.359 e. The molecule has 0 unspecified atom stereocenters. The van der Waals surface area contributed by atoms with Crippen LogP contribution in [0, 0.1) is 6.92 Å². The van der Waals surface area contributed by atoms with E-state index in [1.165, 1.54) is 0 Å². The Morgan fingerprint density at radius 3 is 3.00 bits per heavy atom. The summed E-state index contributed by atoms with van der Waals surface area (Å²) in [5, 5.41) is 0. The maximum atomic E-state index is 11.3. The molecule has 0 saturated carbocycles. The Morgan fingerprint density at radius 2 is 2.38 bits per heavy atom. The zero-order valence-corrected chi connectivity index (χ0v) is 8.96. The zero-order valence-electron chi connectivity index (χ0n) is 7.37. The minimum Gasteiger partial charge on any atom is -0.461 e. The molecular weight excluding hydrogens is 236 g/mol. The highest BCUT2D eigenvalue weighted by Gasteiger charge is 2.13. The third-order valence-corrected chi connectivity index (χ3v) is 1.90. The van der Waals surface area contributed by atoms with Gasteiger partial charge in [-0.1, -0.05) is 0 Å². The van der Waals surface area contributed by atoms with Crippen LogP contribution in [0.4, 0.5) is 0 Å². The van der Waals surface area contributed by atoms with Gasteiger partial charge in [0, 0.05) is 6.20 Å². The summed E-state index contributed by atoms with van der Waals surface area (Å²) in [6.07, 6.45) is 1.58. The van der Waals surface area contributed by atoms with E-state index in [1.54, 1.807) is 20.0 Å². The highest BCUT2D eigenvalue weighted by molar-refractivity contribution is 9.10. The number of aromatic nitrogens is 2. The van der Waals surface area contributed by atoms with Gasteiger partial charge in [-0.15, -0.1) is 0 Å². The monoisotopic (exact) mass is 244 g/mol. The van der Waals surface area contributed by atoms with Crippen molar-refractivity contribution in [2.45, 2.75) is 13.8 Å². The first-order valence-corrected chi connectivity index (χ1v) is 4.60. The second kappa shape index (κ2) is 4.32. The van der Waals surface area contributed by atoms with Crippen LogP contribution < -0.4 is 0 Å².